The topological polar surface area (TPSA) is 96.4 Å². The van der Waals surface area contributed by atoms with E-state index in [4.69, 9.17) is 0 Å². The van der Waals surface area contributed by atoms with E-state index in [0.29, 0.717) is 36.1 Å². The molecule has 0 bridgehead atoms. The maximum atomic E-state index is 13.2. The van der Waals surface area contributed by atoms with Gasteiger partial charge in [0.25, 0.3) is 5.91 Å². The Labute approximate surface area is 335 Å². The van der Waals surface area contributed by atoms with Crippen LogP contribution in [0.1, 0.15) is 99.7 Å². The van der Waals surface area contributed by atoms with Crippen LogP contribution in [0, 0.1) is 5.92 Å². The second-order valence-corrected chi connectivity index (χ2v) is 17.4. The highest BCUT2D eigenvalue weighted by atomic mass is 16.3. The fraction of sp³-hybridized carbons (Fsp3) is 0.438. The Bertz CT molecular complexity index is 2200. The molecule has 2 aliphatic carbocycles. The van der Waals surface area contributed by atoms with Gasteiger partial charge in [0.2, 0.25) is 11.8 Å². The van der Waals surface area contributed by atoms with E-state index in [1.54, 1.807) is 21.6 Å². The van der Waals surface area contributed by atoms with Crippen LogP contribution in [0.25, 0.3) is 0 Å². The molecule has 4 heterocycles. The van der Waals surface area contributed by atoms with Gasteiger partial charge in [0.05, 0.1) is 0 Å². The fourth-order valence-electron chi connectivity index (χ4n) is 11.1. The van der Waals surface area contributed by atoms with Crippen LogP contribution < -0.4 is 15.1 Å². The number of anilines is 2. The third-order valence-electron chi connectivity index (χ3n) is 14.2. The van der Waals surface area contributed by atoms with Gasteiger partial charge in [-0.15, -0.1) is 0 Å². The summed E-state index contributed by atoms with van der Waals surface area (Å²) in [5.41, 5.74) is 12.8. The van der Waals surface area contributed by atoms with Crippen molar-refractivity contribution in [2.75, 3.05) is 55.6 Å². The summed E-state index contributed by atoms with van der Waals surface area (Å²) < 4.78 is 0. The van der Waals surface area contributed by atoms with Crippen LogP contribution in [0.4, 0.5) is 11.4 Å². The summed E-state index contributed by atoms with van der Waals surface area (Å²) >= 11 is 0. The van der Waals surface area contributed by atoms with Crippen molar-refractivity contribution in [3.05, 3.63) is 123 Å². The molecule has 9 nitrogen and oxygen atoms in total. The summed E-state index contributed by atoms with van der Waals surface area (Å²) in [5.74, 6) is 1.03. The zero-order chi connectivity index (χ0) is 38.6. The van der Waals surface area contributed by atoms with Gasteiger partial charge in [0.15, 0.2) is 0 Å². The summed E-state index contributed by atoms with van der Waals surface area (Å²) in [6.07, 6.45) is 8.80. The standard InChI is InChI=1S/C48H53N5O4/c54-38-13-16-40-34(28-38)9-14-43(42-6-2-4-32-3-1-5-39(32)42)46(40)33-7-10-36(11-8-33)51-21-19-31(20-22-51)29-50-23-25-52(26-24-50)37-12-15-41-35(27-37)30-53(48(41)57)44-17-18-45(55)49-47(44)56/h2,4,6-8,10-13,15-16,27-28,31,43-44,46,54H,1,3,5,9,14,17-26,29-30H2,(H,49,55,56)/t43-,44-,46-/m0/s1. The molecule has 3 fully saturated rings. The molecule has 9 heteroatoms. The number of phenolic OH excluding ortho intramolecular Hbond substituents is 1. The maximum Gasteiger partial charge on any atom is 0.255 e. The lowest BCUT2D eigenvalue weighted by atomic mass is 9.68. The molecule has 0 aromatic heterocycles. The molecular weight excluding hydrogens is 711 g/mol. The van der Waals surface area contributed by atoms with Gasteiger partial charge in [-0.2, -0.15) is 0 Å². The Balaban J connectivity index is 0.744. The summed E-state index contributed by atoms with van der Waals surface area (Å²) in [5, 5.41) is 12.7. The molecule has 10 rings (SSSR count). The fourth-order valence-corrected chi connectivity index (χ4v) is 11.1. The number of carbonyl (C=O) groups is 3. The highest BCUT2D eigenvalue weighted by Gasteiger charge is 2.40. The molecule has 294 valence electrons. The number of fused-ring (bicyclic) bond motifs is 3. The Morgan fingerprint density at radius 2 is 1.46 bits per heavy atom. The normalized spacial score (nSPS) is 24.0. The quantitative estimate of drug-likeness (QED) is 0.207. The Morgan fingerprint density at radius 3 is 2.26 bits per heavy atom. The third-order valence-corrected chi connectivity index (χ3v) is 14.2. The maximum absolute atomic E-state index is 13.2. The van der Waals surface area contributed by atoms with Gasteiger partial charge in [-0.25, -0.2) is 0 Å². The zero-order valence-corrected chi connectivity index (χ0v) is 32.8. The largest absolute Gasteiger partial charge is 0.508 e. The number of rotatable bonds is 7. The van der Waals surface area contributed by atoms with E-state index in [2.05, 4.69) is 80.7 Å². The minimum Gasteiger partial charge on any atom is -0.508 e. The van der Waals surface area contributed by atoms with Gasteiger partial charge < -0.3 is 19.8 Å². The molecule has 4 aromatic rings. The smallest absolute Gasteiger partial charge is 0.255 e. The van der Waals surface area contributed by atoms with E-state index in [-0.39, 0.29) is 30.1 Å². The van der Waals surface area contributed by atoms with Crippen molar-refractivity contribution < 1.29 is 19.5 Å². The first-order chi connectivity index (χ1) is 27.9. The summed E-state index contributed by atoms with van der Waals surface area (Å²) in [4.78, 5) is 46.6. The molecule has 4 aliphatic heterocycles. The van der Waals surface area contributed by atoms with E-state index >= 15 is 0 Å². The number of nitrogens with zero attached hydrogens (tertiary/aromatic N) is 4. The number of carbonyl (C=O) groups excluding carboxylic acids is 3. The van der Waals surface area contributed by atoms with Crippen molar-refractivity contribution in [3.63, 3.8) is 0 Å². The average molecular weight is 764 g/mol. The average Bonchev–Trinajstić information content (AvgIpc) is 3.85. The van der Waals surface area contributed by atoms with Crippen LogP contribution in [0.3, 0.4) is 0 Å². The highest BCUT2D eigenvalue weighted by molar-refractivity contribution is 6.05. The monoisotopic (exact) mass is 763 g/mol. The lowest BCUT2D eigenvalue weighted by Crippen LogP contribution is -2.52. The zero-order valence-electron chi connectivity index (χ0n) is 32.8. The molecule has 0 radical (unpaired) electrons. The molecule has 3 amide bonds. The molecule has 3 saturated heterocycles. The van der Waals surface area contributed by atoms with Crippen molar-refractivity contribution >= 4 is 29.1 Å². The molecule has 4 aromatic carbocycles. The first-order valence-corrected chi connectivity index (χ1v) is 21.4. The summed E-state index contributed by atoms with van der Waals surface area (Å²) in [7, 11) is 0. The minimum atomic E-state index is -0.585. The summed E-state index contributed by atoms with van der Waals surface area (Å²) in [6, 6.07) is 28.0. The molecule has 57 heavy (non-hydrogen) atoms. The number of amides is 3. The number of hydrogen-bond donors (Lipinski definition) is 2. The molecule has 0 unspecified atom stereocenters. The van der Waals surface area contributed by atoms with Crippen LogP contribution >= 0.6 is 0 Å². The van der Waals surface area contributed by atoms with Crippen molar-refractivity contribution in [2.45, 2.75) is 82.2 Å². The predicted octanol–water partition coefficient (Wildman–Crippen LogP) is 6.54. The molecule has 2 N–H and O–H groups in total. The Kier molecular flexibility index (Phi) is 9.51. The molecule has 6 aliphatic rings. The van der Waals surface area contributed by atoms with Crippen LogP contribution in [0.5, 0.6) is 5.75 Å². The number of aryl methyl sites for hydroxylation is 2. The minimum absolute atomic E-state index is 0.119. The van der Waals surface area contributed by atoms with Gasteiger partial charge in [0, 0.05) is 81.6 Å². The number of piperidine rings is 2. The first-order valence-electron chi connectivity index (χ1n) is 21.4. The lowest BCUT2D eigenvalue weighted by Gasteiger charge is -2.40. The molecule has 0 spiro atoms. The van der Waals surface area contributed by atoms with E-state index in [1.807, 2.05) is 18.2 Å². The predicted molar refractivity (Wildman–Crippen MR) is 222 cm³/mol. The molecular formula is C48H53N5O4. The van der Waals surface area contributed by atoms with Crippen LogP contribution in [0.2, 0.25) is 0 Å². The van der Waals surface area contributed by atoms with Crippen LogP contribution in [0.15, 0.2) is 78.9 Å². The van der Waals surface area contributed by atoms with Gasteiger partial charge >= 0.3 is 0 Å². The van der Waals surface area contributed by atoms with Crippen LogP contribution in [-0.2, 0) is 35.4 Å². The lowest BCUT2D eigenvalue weighted by molar-refractivity contribution is -0.136. The number of nitrogens with one attached hydrogen (secondary N) is 1. The van der Waals surface area contributed by atoms with Gasteiger partial charge in [0.1, 0.15) is 11.8 Å². The number of phenols is 1. The van der Waals surface area contributed by atoms with E-state index < -0.39 is 6.04 Å². The third kappa shape index (κ3) is 6.88. The number of piperazine rings is 1. The first kappa shape index (κ1) is 36.2. The highest BCUT2D eigenvalue weighted by Crippen LogP contribution is 2.49. The van der Waals surface area contributed by atoms with Crippen molar-refractivity contribution in [1.29, 1.82) is 0 Å². The van der Waals surface area contributed by atoms with Gasteiger partial charge in [-0.3, -0.25) is 24.6 Å². The number of hydrogen-bond acceptors (Lipinski definition) is 7. The Hall–Kier alpha value is -5.15. The Morgan fingerprint density at radius 1 is 0.667 bits per heavy atom. The SMILES string of the molecule is O=C1CC[C@H](N2Cc3cc(N4CCN(CC5CCN(c6ccc([C@H]7c8ccc(O)cc8CC[C@H]7c7cccc8c7CCC8)cc6)CC5)CC4)ccc3C2=O)C(=O)N1. The van der Waals surface area contributed by atoms with Crippen LogP contribution in [-0.4, -0.2) is 84.5 Å². The number of imide groups is 1. The van der Waals surface area contributed by atoms with Gasteiger partial charge in [-0.1, -0.05) is 36.4 Å². The van der Waals surface area contributed by atoms with E-state index in [0.717, 1.165) is 69.9 Å². The molecule has 3 atom stereocenters. The van der Waals surface area contributed by atoms with Crippen molar-refractivity contribution in [3.8, 4) is 5.75 Å². The second-order valence-electron chi connectivity index (χ2n) is 17.4. The second kappa shape index (κ2) is 15.0. The van der Waals surface area contributed by atoms with Crippen molar-refractivity contribution in [1.82, 2.24) is 15.1 Å². The van der Waals surface area contributed by atoms with E-state index in [1.165, 1.54) is 54.5 Å². The molecule has 0 saturated carbocycles. The van der Waals surface area contributed by atoms with E-state index in [9.17, 15) is 19.5 Å². The van der Waals surface area contributed by atoms with Crippen molar-refractivity contribution in [2.24, 2.45) is 5.92 Å². The summed E-state index contributed by atoms with van der Waals surface area (Å²) in [6.45, 7) is 7.67. The number of benzene rings is 4. The number of aromatic hydroxyl groups is 1. The van der Waals surface area contributed by atoms with Gasteiger partial charge in [-0.05, 0) is 145 Å².